The van der Waals surface area contributed by atoms with Crippen molar-refractivity contribution in [2.45, 2.75) is 55.3 Å². The van der Waals surface area contributed by atoms with Crippen LogP contribution < -0.4 is 9.47 Å². The lowest BCUT2D eigenvalue weighted by Crippen LogP contribution is -2.62. The van der Waals surface area contributed by atoms with Crippen molar-refractivity contribution >= 4 is 19.7 Å². The predicted molar refractivity (Wildman–Crippen MR) is 121 cm³/mol. The average molecular weight is 483 g/mol. The minimum absolute atomic E-state index is 0.118. The Balaban J connectivity index is 1.63. The van der Waals surface area contributed by atoms with Gasteiger partial charge in [0, 0.05) is 44.9 Å². The van der Waals surface area contributed by atoms with Gasteiger partial charge in [0.25, 0.3) is 0 Å². The summed E-state index contributed by atoms with van der Waals surface area (Å²) in [6, 6.07) is 1.83. The number of hydrogen-bond acceptors (Lipinski definition) is 7. The van der Waals surface area contributed by atoms with E-state index in [-0.39, 0.29) is 30.5 Å². The highest BCUT2D eigenvalue weighted by Crippen LogP contribution is 2.66. The lowest BCUT2D eigenvalue weighted by Gasteiger charge is -2.50. The van der Waals surface area contributed by atoms with Gasteiger partial charge in [0.05, 0.1) is 37.2 Å². The quantitative estimate of drug-likeness (QED) is 0.453. The third-order valence-corrected chi connectivity index (χ3v) is 11.1. The fraction of sp³-hybridized carbons (Fsp3) is 0.652. The van der Waals surface area contributed by atoms with Crippen LogP contribution in [0, 0.1) is 0 Å². The van der Waals surface area contributed by atoms with Gasteiger partial charge in [-0.25, -0.2) is 0 Å². The Morgan fingerprint density at radius 1 is 1.19 bits per heavy atom. The Kier molecular flexibility index (Phi) is 5.64. The van der Waals surface area contributed by atoms with Crippen LogP contribution in [0.1, 0.15) is 23.7 Å². The van der Waals surface area contributed by atoms with Gasteiger partial charge in [0.2, 0.25) is 0 Å². The van der Waals surface area contributed by atoms with Crippen LogP contribution >= 0.6 is 11.6 Å². The van der Waals surface area contributed by atoms with Crippen LogP contribution in [0.15, 0.2) is 17.7 Å². The maximum absolute atomic E-state index is 6.87. The number of rotatable bonds is 6. The summed E-state index contributed by atoms with van der Waals surface area (Å²) in [6.07, 6.45) is 2.53. The molecule has 1 spiro atoms. The van der Waals surface area contributed by atoms with E-state index in [9.17, 15) is 0 Å². The lowest BCUT2D eigenvalue weighted by atomic mass is 9.83. The normalized spacial score (nSPS) is 36.5. The first kappa shape index (κ1) is 22.6. The molecule has 0 unspecified atom stereocenters. The van der Waals surface area contributed by atoms with Crippen LogP contribution in [0.25, 0.3) is 0 Å². The minimum Gasteiger partial charge on any atom is -0.496 e. The summed E-state index contributed by atoms with van der Waals surface area (Å²) >= 11 is 6.65. The third-order valence-electron chi connectivity index (χ3n) is 7.44. The molecule has 1 fully saturated rings. The summed E-state index contributed by atoms with van der Waals surface area (Å²) < 4.78 is 42.5. The molecule has 0 saturated carbocycles. The molecular weight excluding hydrogens is 452 g/mol. The van der Waals surface area contributed by atoms with Gasteiger partial charge in [-0.05, 0) is 11.6 Å². The molecule has 0 aliphatic carbocycles. The zero-order valence-corrected chi connectivity index (χ0v) is 21.2. The maximum atomic E-state index is 6.87. The van der Waals surface area contributed by atoms with Gasteiger partial charge >= 0.3 is 0 Å². The first-order valence-corrected chi connectivity index (χ1v) is 14.5. The SMILES string of the molecule is COC[C@H]1O[C@@H](C2=C[C@@H]3O[C@@]24c2c(c(Cl)cc(OC)c23)OC[Si]4(C)C)C[C@@H](OC)[C@@H]1OC. The number of benzene rings is 1. The molecule has 4 aliphatic rings. The zero-order chi connectivity index (χ0) is 22.8. The molecule has 1 aromatic carbocycles. The fourth-order valence-electron chi connectivity index (χ4n) is 6.02. The monoisotopic (exact) mass is 482 g/mol. The summed E-state index contributed by atoms with van der Waals surface area (Å²) in [4.78, 5) is 0. The molecule has 0 amide bonds. The highest BCUT2D eigenvalue weighted by molar-refractivity contribution is 6.81. The van der Waals surface area contributed by atoms with Crippen LogP contribution in [0.5, 0.6) is 11.5 Å². The summed E-state index contributed by atoms with van der Waals surface area (Å²) in [5.74, 6) is 1.45. The number of hydrogen-bond donors (Lipinski definition) is 0. The summed E-state index contributed by atoms with van der Waals surface area (Å²) in [7, 11) is 4.60. The maximum Gasteiger partial charge on any atom is 0.144 e. The first-order valence-electron chi connectivity index (χ1n) is 11.0. The third kappa shape index (κ3) is 2.90. The number of ether oxygens (including phenoxy) is 7. The molecular formula is C23H31ClO7Si. The van der Waals surface area contributed by atoms with Crippen LogP contribution in [-0.4, -0.2) is 73.8 Å². The topological polar surface area (TPSA) is 64.6 Å². The van der Waals surface area contributed by atoms with Crippen molar-refractivity contribution in [2.75, 3.05) is 41.3 Å². The van der Waals surface area contributed by atoms with Crippen molar-refractivity contribution in [3.8, 4) is 11.5 Å². The van der Waals surface area contributed by atoms with Gasteiger partial charge in [-0.1, -0.05) is 24.7 Å². The largest absolute Gasteiger partial charge is 0.496 e. The molecule has 0 N–H and O–H groups in total. The van der Waals surface area contributed by atoms with Crippen molar-refractivity contribution in [2.24, 2.45) is 0 Å². The van der Waals surface area contributed by atoms with Crippen LogP contribution in [-0.2, 0) is 28.9 Å². The van der Waals surface area contributed by atoms with E-state index < -0.39 is 13.3 Å². The number of halogens is 1. The highest BCUT2D eigenvalue weighted by Gasteiger charge is 2.67. The average Bonchev–Trinajstić information content (AvgIpc) is 3.33. The predicted octanol–water partition coefficient (Wildman–Crippen LogP) is 3.57. The van der Waals surface area contributed by atoms with Gasteiger partial charge < -0.3 is 33.2 Å². The molecule has 4 heterocycles. The van der Waals surface area contributed by atoms with Gasteiger partial charge in [0.15, 0.2) is 0 Å². The molecule has 2 bridgehead atoms. The Morgan fingerprint density at radius 3 is 2.62 bits per heavy atom. The van der Waals surface area contributed by atoms with Gasteiger partial charge in [-0.2, -0.15) is 0 Å². The molecule has 9 heteroatoms. The van der Waals surface area contributed by atoms with Crippen molar-refractivity contribution in [3.05, 3.63) is 33.9 Å². The van der Waals surface area contributed by atoms with Gasteiger partial charge in [0.1, 0.15) is 43.1 Å². The van der Waals surface area contributed by atoms with E-state index in [0.29, 0.717) is 30.0 Å². The second kappa shape index (κ2) is 7.97. The standard InChI is InChI=1S/C23H31ClO7Si/c1-25-10-18-22(28-4)17(27-3)9-14(30-18)12-7-16-19-15(26-2)8-13(24)21-20(19)23(12,31-16)32(5,6)11-29-21/h7-8,14,16-18,22H,9-11H2,1-6H3/t14-,16+,17-,18-,22+,23+/m1/s1. The van der Waals surface area contributed by atoms with Crippen molar-refractivity contribution in [1.29, 1.82) is 0 Å². The molecule has 1 aromatic rings. The molecule has 5 rings (SSSR count). The summed E-state index contributed by atoms with van der Waals surface area (Å²) in [5, 5.41) is -0.0322. The fourth-order valence-corrected chi connectivity index (χ4v) is 9.38. The molecule has 7 nitrogen and oxygen atoms in total. The Labute approximate surface area is 194 Å². The Bertz CT molecular complexity index is 951. The van der Waals surface area contributed by atoms with Crippen molar-refractivity contribution in [1.82, 2.24) is 0 Å². The smallest absolute Gasteiger partial charge is 0.144 e. The number of fused-ring (bicyclic) bond motifs is 2. The molecule has 0 aromatic heterocycles. The molecule has 6 atom stereocenters. The van der Waals surface area contributed by atoms with Crippen LogP contribution in [0.2, 0.25) is 18.1 Å². The molecule has 4 aliphatic heterocycles. The second-order valence-electron chi connectivity index (χ2n) is 9.52. The van der Waals surface area contributed by atoms with Crippen LogP contribution in [0.3, 0.4) is 0 Å². The van der Waals surface area contributed by atoms with Gasteiger partial charge in [-0.15, -0.1) is 0 Å². The van der Waals surface area contributed by atoms with E-state index in [1.54, 1.807) is 28.4 Å². The highest BCUT2D eigenvalue weighted by atomic mass is 35.5. The van der Waals surface area contributed by atoms with E-state index in [4.69, 9.17) is 44.8 Å². The molecule has 1 saturated heterocycles. The van der Waals surface area contributed by atoms with E-state index in [1.807, 2.05) is 6.07 Å². The molecule has 176 valence electrons. The molecule has 0 radical (unpaired) electrons. The zero-order valence-electron chi connectivity index (χ0n) is 19.4. The van der Waals surface area contributed by atoms with E-state index in [2.05, 4.69) is 19.2 Å². The minimum atomic E-state index is -2.14. The summed E-state index contributed by atoms with van der Waals surface area (Å²) in [5.41, 5.74) is 3.21. The number of methoxy groups -OCH3 is 4. The first-order chi connectivity index (χ1) is 15.3. The van der Waals surface area contributed by atoms with E-state index in [1.165, 1.54) is 0 Å². The Morgan fingerprint density at radius 2 is 1.97 bits per heavy atom. The van der Waals surface area contributed by atoms with E-state index in [0.717, 1.165) is 22.4 Å². The molecule has 32 heavy (non-hydrogen) atoms. The second-order valence-corrected chi connectivity index (χ2v) is 14.7. The Hall–Kier alpha value is -1.13. The van der Waals surface area contributed by atoms with Crippen molar-refractivity contribution in [3.63, 3.8) is 0 Å². The van der Waals surface area contributed by atoms with Crippen LogP contribution in [0.4, 0.5) is 0 Å². The van der Waals surface area contributed by atoms with E-state index >= 15 is 0 Å². The lowest BCUT2D eigenvalue weighted by molar-refractivity contribution is -0.193. The van der Waals surface area contributed by atoms with Gasteiger partial charge in [-0.3, -0.25) is 0 Å². The van der Waals surface area contributed by atoms with Crippen molar-refractivity contribution < 1.29 is 33.2 Å². The summed E-state index contributed by atoms with van der Waals surface area (Å²) in [6.45, 7) is 5.02.